The summed E-state index contributed by atoms with van der Waals surface area (Å²) in [5, 5.41) is 8.92. The maximum absolute atomic E-state index is 8.92. The summed E-state index contributed by atoms with van der Waals surface area (Å²) in [6.45, 7) is 3.32. The van der Waals surface area contributed by atoms with Gasteiger partial charge in [-0.2, -0.15) is 5.26 Å². The monoisotopic (exact) mass is 258 g/mol. The normalized spacial score (nSPS) is 28.7. The summed E-state index contributed by atoms with van der Waals surface area (Å²) in [6, 6.07) is 7.49. The average Bonchev–Trinajstić information content (AvgIpc) is 2.74. The fourth-order valence-electron chi connectivity index (χ4n) is 3.14. The summed E-state index contributed by atoms with van der Waals surface area (Å²) in [6.07, 6.45) is 3.38. The summed E-state index contributed by atoms with van der Waals surface area (Å²) >= 11 is 0. The number of nitrogens with zero attached hydrogens (tertiary/aromatic N) is 2. The van der Waals surface area contributed by atoms with E-state index in [0.717, 1.165) is 31.7 Å². The first-order valence-electron chi connectivity index (χ1n) is 6.74. The Morgan fingerprint density at radius 3 is 2.95 bits per heavy atom. The Bertz CT molecular complexity index is 519. The van der Waals surface area contributed by atoms with E-state index in [0.29, 0.717) is 11.3 Å². The lowest BCUT2D eigenvalue weighted by atomic mass is 9.94. The zero-order valence-corrected chi connectivity index (χ0v) is 11.2. The highest BCUT2D eigenvalue weighted by Crippen LogP contribution is 2.39. The molecule has 0 spiro atoms. The second-order valence-corrected chi connectivity index (χ2v) is 5.39. The number of methoxy groups -OCH3 is 1. The smallest absolute Gasteiger partial charge is 0.162 e. The minimum atomic E-state index is -0.0559. The van der Waals surface area contributed by atoms with E-state index >= 15 is 0 Å². The van der Waals surface area contributed by atoms with E-state index in [9.17, 15) is 0 Å². The Kier molecular flexibility index (Phi) is 3.08. The predicted molar refractivity (Wildman–Crippen MR) is 71.4 cm³/mol. The standard InChI is InChI=1S/C15H18N2O2/c1-18-14-9-12(10-16)3-4-13(14)19-15-5-2-7-17(11-15)8-6-15/h3-4,9H,2,5-8,11H2,1H3/t15-/m0/s1. The van der Waals surface area contributed by atoms with Gasteiger partial charge in [0, 0.05) is 25.6 Å². The largest absolute Gasteiger partial charge is 0.493 e. The van der Waals surface area contributed by atoms with Crippen molar-refractivity contribution in [3.63, 3.8) is 0 Å². The van der Waals surface area contributed by atoms with E-state index < -0.39 is 0 Å². The molecule has 0 radical (unpaired) electrons. The van der Waals surface area contributed by atoms with Crippen molar-refractivity contribution >= 4 is 0 Å². The number of hydrogen-bond donors (Lipinski definition) is 0. The molecule has 2 aliphatic heterocycles. The van der Waals surface area contributed by atoms with Crippen LogP contribution in [-0.4, -0.2) is 37.2 Å². The van der Waals surface area contributed by atoms with Gasteiger partial charge in [-0.3, -0.25) is 4.90 Å². The number of rotatable bonds is 3. The molecule has 1 aromatic carbocycles. The van der Waals surface area contributed by atoms with Crippen LogP contribution in [0.1, 0.15) is 24.8 Å². The van der Waals surface area contributed by atoms with Crippen molar-refractivity contribution in [1.82, 2.24) is 4.90 Å². The highest BCUT2D eigenvalue weighted by Gasteiger charge is 2.43. The highest BCUT2D eigenvalue weighted by molar-refractivity contribution is 5.47. The summed E-state index contributed by atoms with van der Waals surface area (Å²) in [4.78, 5) is 2.46. The fourth-order valence-corrected chi connectivity index (χ4v) is 3.14. The Morgan fingerprint density at radius 2 is 2.16 bits per heavy atom. The van der Waals surface area contributed by atoms with Gasteiger partial charge in [-0.25, -0.2) is 0 Å². The summed E-state index contributed by atoms with van der Waals surface area (Å²) < 4.78 is 11.6. The Hall–Kier alpha value is -1.73. The average molecular weight is 258 g/mol. The molecule has 0 N–H and O–H groups in total. The van der Waals surface area contributed by atoms with Crippen molar-refractivity contribution in [2.24, 2.45) is 0 Å². The maximum Gasteiger partial charge on any atom is 0.162 e. The van der Waals surface area contributed by atoms with E-state index in [4.69, 9.17) is 14.7 Å². The van der Waals surface area contributed by atoms with E-state index in [1.165, 1.54) is 13.0 Å². The van der Waals surface area contributed by atoms with Crippen LogP contribution in [0.3, 0.4) is 0 Å². The Balaban J connectivity index is 1.85. The zero-order valence-electron chi connectivity index (χ0n) is 11.2. The van der Waals surface area contributed by atoms with Gasteiger partial charge in [0.1, 0.15) is 5.60 Å². The summed E-state index contributed by atoms with van der Waals surface area (Å²) in [5.41, 5.74) is 0.540. The number of nitriles is 1. The third-order valence-electron chi connectivity index (χ3n) is 4.12. The molecule has 4 heteroatoms. The lowest BCUT2D eigenvalue weighted by Crippen LogP contribution is -2.43. The van der Waals surface area contributed by atoms with Gasteiger partial charge in [0.15, 0.2) is 11.5 Å². The molecule has 3 rings (SSSR count). The van der Waals surface area contributed by atoms with E-state index in [1.54, 1.807) is 19.2 Å². The van der Waals surface area contributed by atoms with Crippen LogP contribution in [0.15, 0.2) is 18.2 Å². The van der Waals surface area contributed by atoms with Crippen LogP contribution in [0.5, 0.6) is 11.5 Å². The molecule has 2 fully saturated rings. The second kappa shape index (κ2) is 4.75. The molecular formula is C15H18N2O2. The van der Waals surface area contributed by atoms with Crippen molar-refractivity contribution in [2.75, 3.05) is 26.7 Å². The zero-order chi connectivity index (χ0) is 13.3. The van der Waals surface area contributed by atoms with Crippen LogP contribution in [0, 0.1) is 11.3 Å². The Morgan fingerprint density at radius 1 is 1.26 bits per heavy atom. The van der Waals surface area contributed by atoms with E-state index in [1.807, 2.05) is 6.07 Å². The Labute approximate surface area is 113 Å². The molecule has 4 nitrogen and oxygen atoms in total. The van der Waals surface area contributed by atoms with E-state index in [2.05, 4.69) is 11.0 Å². The molecule has 2 aliphatic rings. The molecule has 2 saturated heterocycles. The van der Waals surface area contributed by atoms with Crippen molar-refractivity contribution in [2.45, 2.75) is 24.9 Å². The third-order valence-corrected chi connectivity index (χ3v) is 4.12. The molecule has 0 saturated carbocycles. The number of fused-ring (bicyclic) bond motifs is 2. The number of benzene rings is 1. The van der Waals surface area contributed by atoms with Gasteiger partial charge in [-0.05, 0) is 31.5 Å². The summed E-state index contributed by atoms with van der Waals surface area (Å²) in [5.74, 6) is 1.41. The lowest BCUT2D eigenvalue weighted by Gasteiger charge is -2.34. The minimum absolute atomic E-state index is 0.0559. The van der Waals surface area contributed by atoms with Gasteiger partial charge >= 0.3 is 0 Å². The van der Waals surface area contributed by atoms with Crippen LogP contribution >= 0.6 is 0 Å². The van der Waals surface area contributed by atoms with Crippen molar-refractivity contribution < 1.29 is 9.47 Å². The second-order valence-electron chi connectivity index (χ2n) is 5.39. The molecule has 100 valence electrons. The van der Waals surface area contributed by atoms with E-state index in [-0.39, 0.29) is 5.60 Å². The molecule has 2 bridgehead atoms. The lowest BCUT2D eigenvalue weighted by molar-refractivity contribution is 0.0427. The van der Waals surface area contributed by atoms with Crippen LogP contribution in [0.25, 0.3) is 0 Å². The molecule has 0 aliphatic carbocycles. The van der Waals surface area contributed by atoms with Gasteiger partial charge in [0.05, 0.1) is 18.7 Å². The number of hydrogen-bond acceptors (Lipinski definition) is 4. The van der Waals surface area contributed by atoms with Crippen LogP contribution in [0.4, 0.5) is 0 Å². The maximum atomic E-state index is 8.92. The summed E-state index contributed by atoms with van der Waals surface area (Å²) in [7, 11) is 1.61. The highest BCUT2D eigenvalue weighted by atomic mass is 16.5. The van der Waals surface area contributed by atoms with Crippen molar-refractivity contribution in [3.05, 3.63) is 23.8 Å². The minimum Gasteiger partial charge on any atom is -0.493 e. The van der Waals surface area contributed by atoms with Gasteiger partial charge in [-0.1, -0.05) is 0 Å². The van der Waals surface area contributed by atoms with Crippen molar-refractivity contribution in [3.8, 4) is 17.6 Å². The van der Waals surface area contributed by atoms with Gasteiger partial charge in [0.2, 0.25) is 0 Å². The number of ether oxygens (including phenoxy) is 2. The van der Waals surface area contributed by atoms with Crippen molar-refractivity contribution in [1.29, 1.82) is 5.26 Å². The third kappa shape index (κ3) is 2.26. The van der Waals surface area contributed by atoms with Gasteiger partial charge in [0.25, 0.3) is 0 Å². The molecule has 2 heterocycles. The van der Waals surface area contributed by atoms with Crippen LogP contribution < -0.4 is 9.47 Å². The van der Waals surface area contributed by atoms with Crippen LogP contribution in [0.2, 0.25) is 0 Å². The SMILES string of the molecule is COc1cc(C#N)ccc1O[C@@]12CCCN(CC1)C2. The number of piperidine rings is 1. The predicted octanol–water partition coefficient (Wildman–Crippen LogP) is 2.18. The van der Waals surface area contributed by atoms with Gasteiger partial charge in [-0.15, -0.1) is 0 Å². The topological polar surface area (TPSA) is 45.5 Å². The molecule has 1 aromatic rings. The molecule has 19 heavy (non-hydrogen) atoms. The molecule has 0 amide bonds. The first kappa shape index (κ1) is 12.3. The first-order valence-corrected chi connectivity index (χ1v) is 6.74. The molecular weight excluding hydrogens is 240 g/mol. The fraction of sp³-hybridized carbons (Fsp3) is 0.533. The molecule has 1 unspecified atom stereocenters. The first-order chi connectivity index (χ1) is 9.24. The molecule has 0 aromatic heterocycles. The quantitative estimate of drug-likeness (QED) is 0.833. The van der Waals surface area contributed by atoms with Gasteiger partial charge < -0.3 is 9.47 Å². The van der Waals surface area contributed by atoms with Crippen LogP contribution in [-0.2, 0) is 0 Å². The molecule has 2 atom stereocenters.